The van der Waals surface area contributed by atoms with Crippen molar-refractivity contribution in [3.8, 4) is 0 Å². The molecule has 0 amide bonds. The number of rotatable bonds is 6. The van der Waals surface area contributed by atoms with Crippen molar-refractivity contribution >= 4 is 11.8 Å². The number of hydrogen-bond donors (Lipinski definition) is 0. The fourth-order valence-electron chi connectivity index (χ4n) is 2.40. The molecule has 1 aliphatic rings. The second-order valence-electron chi connectivity index (χ2n) is 4.30. The maximum atomic E-state index is 5.42. The Balaban J connectivity index is 2.37. The van der Waals surface area contributed by atoms with Crippen molar-refractivity contribution in [2.45, 2.75) is 45.2 Å². The standard InChI is InChI=1S/C12H25NOS/c1-4-13(11(2)7-10-15-3)12-5-8-14-9-6-12/h11-12H,4-10H2,1-3H3. The first-order valence-corrected chi connectivity index (χ1v) is 7.51. The fraction of sp³-hybridized carbons (Fsp3) is 1.00. The van der Waals surface area contributed by atoms with Crippen LogP contribution in [0, 0.1) is 0 Å². The highest BCUT2D eigenvalue weighted by Gasteiger charge is 2.23. The van der Waals surface area contributed by atoms with Crippen molar-refractivity contribution in [2.75, 3.05) is 31.8 Å². The monoisotopic (exact) mass is 231 g/mol. The van der Waals surface area contributed by atoms with E-state index >= 15 is 0 Å². The Morgan fingerprint density at radius 2 is 2.07 bits per heavy atom. The minimum absolute atomic E-state index is 0.727. The molecule has 3 heteroatoms. The summed E-state index contributed by atoms with van der Waals surface area (Å²) in [4.78, 5) is 2.67. The minimum atomic E-state index is 0.727. The van der Waals surface area contributed by atoms with Crippen LogP contribution in [0.25, 0.3) is 0 Å². The Labute approximate surface area is 98.7 Å². The van der Waals surface area contributed by atoms with E-state index in [1.807, 2.05) is 11.8 Å². The van der Waals surface area contributed by atoms with Gasteiger partial charge in [-0.15, -0.1) is 0 Å². The van der Waals surface area contributed by atoms with Gasteiger partial charge in [-0.3, -0.25) is 4.90 Å². The molecule has 0 aromatic carbocycles. The van der Waals surface area contributed by atoms with Gasteiger partial charge in [0.05, 0.1) is 0 Å². The van der Waals surface area contributed by atoms with Gasteiger partial charge in [0.25, 0.3) is 0 Å². The van der Waals surface area contributed by atoms with Gasteiger partial charge in [-0.25, -0.2) is 0 Å². The third kappa shape index (κ3) is 4.33. The molecule has 1 aliphatic heterocycles. The van der Waals surface area contributed by atoms with E-state index in [1.54, 1.807) is 0 Å². The summed E-state index contributed by atoms with van der Waals surface area (Å²) >= 11 is 1.95. The second kappa shape index (κ2) is 7.53. The topological polar surface area (TPSA) is 12.5 Å². The van der Waals surface area contributed by atoms with Crippen molar-refractivity contribution in [1.82, 2.24) is 4.90 Å². The van der Waals surface area contributed by atoms with Crippen molar-refractivity contribution in [3.05, 3.63) is 0 Å². The van der Waals surface area contributed by atoms with E-state index in [2.05, 4.69) is 25.0 Å². The first kappa shape index (κ1) is 13.3. The highest BCUT2D eigenvalue weighted by Crippen LogP contribution is 2.19. The molecule has 1 heterocycles. The third-order valence-corrected chi connectivity index (χ3v) is 3.97. The molecule has 1 fully saturated rings. The molecule has 15 heavy (non-hydrogen) atoms. The van der Waals surface area contributed by atoms with E-state index in [4.69, 9.17) is 4.74 Å². The molecular formula is C12H25NOS. The molecule has 0 saturated carbocycles. The van der Waals surface area contributed by atoms with Crippen molar-refractivity contribution < 1.29 is 4.74 Å². The molecule has 1 atom stereocenters. The molecule has 0 aliphatic carbocycles. The SMILES string of the molecule is CCN(C(C)CCSC)C1CCOCC1. The number of ether oxygens (including phenoxy) is 1. The van der Waals surface area contributed by atoms with Crippen molar-refractivity contribution in [3.63, 3.8) is 0 Å². The van der Waals surface area contributed by atoms with E-state index < -0.39 is 0 Å². The maximum Gasteiger partial charge on any atom is 0.0480 e. The van der Waals surface area contributed by atoms with Gasteiger partial charge < -0.3 is 4.74 Å². The van der Waals surface area contributed by atoms with Crippen molar-refractivity contribution in [2.24, 2.45) is 0 Å². The lowest BCUT2D eigenvalue weighted by atomic mass is 10.0. The molecule has 1 unspecified atom stereocenters. The summed E-state index contributed by atoms with van der Waals surface area (Å²) < 4.78 is 5.42. The normalized spacial score (nSPS) is 20.8. The van der Waals surface area contributed by atoms with Crippen LogP contribution in [0.4, 0.5) is 0 Å². The van der Waals surface area contributed by atoms with Crippen LogP contribution in [-0.4, -0.2) is 48.8 Å². The Hall–Kier alpha value is 0.270. The minimum Gasteiger partial charge on any atom is -0.381 e. The first-order chi connectivity index (χ1) is 7.29. The van der Waals surface area contributed by atoms with Gasteiger partial charge in [-0.2, -0.15) is 11.8 Å². The van der Waals surface area contributed by atoms with Gasteiger partial charge in [0, 0.05) is 25.3 Å². The van der Waals surface area contributed by atoms with Crippen LogP contribution >= 0.6 is 11.8 Å². The average molecular weight is 231 g/mol. The lowest BCUT2D eigenvalue weighted by molar-refractivity contribution is 0.0215. The van der Waals surface area contributed by atoms with Gasteiger partial charge in [0.1, 0.15) is 0 Å². The van der Waals surface area contributed by atoms with E-state index in [0.29, 0.717) is 0 Å². The zero-order chi connectivity index (χ0) is 11.1. The molecule has 1 rings (SSSR count). The number of hydrogen-bond acceptors (Lipinski definition) is 3. The third-order valence-electron chi connectivity index (χ3n) is 3.33. The predicted octanol–water partition coefficient (Wildman–Crippen LogP) is 2.63. The van der Waals surface area contributed by atoms with Crippen LogP contribution in [0.3, 0.4) is 0 Å². The van der Waals surface area contributed by atoms with Crippen LogP contribution in [0.15, 0.2) is 0 Å². The Bertz CT molecular complexity index is 160. The highest BCUT2D eigenvalue weighted by molar-refractivity contribution is 7.98. The molecule has 0 aromatic rings. The van der Waals surface area contributed by atoms with Crippen LogP contribution in [0.1, 0.15) is 33.1 Å². The molecule has 0 bridgehead atoms. The van der Waals surface area contributed by atoms with Gasteiger partial charge in [-0.1, -0.05) is 6.92 Å². The zero-order valence-electron chi connectivity index (χ0n) is 10.4. The number of thioether (sulfide) groups is 1. The molecular weight excluding hydrogens is 206 g/mol. The van der Waals surface area contributed by atoms with E-state index in [0.717, 1.165) is 25.3 Å². The summed E-state index contributed by atoms with van der Waals surface area (Å²) in [6, 6.07) is 1.49. The molecule has 0 radical (unpaired) electrons. The highest BCUT2D eigenvalue weighted by atomic mass is 32.2. The quantitative estimate of drug-likeness (QED) is 0.697. The number of nitrogens with zero attached hydrogens (tertiary/aromatic N) is 1. The largest absolute Gasteiger partial charge is 0.381 e. The van der Waals surface area contributed by atoms with Gasteiger partial charge in [0.15, 0.2) is 0 Å². The molecule has 90 valence electrons. The molecule has 0 aromatic heterocycles. The Morgan fingerprint density at radius 3 is 2.60 bits per heavy atom. The Kier molecular flexibility index (Phi) is 6.69. The van der Waals surface area contributed by atoms with Crippen molar-refractivity contribution in [1.29, 1.82) is 0 Å². The molecule has 2 nitrogen and oxygen atoms in total. The fourth-order valence-corrected chi connectivity index (χ4v) is 2.98. The lowest BCUT2D eigenvalue weighted by Gasteiger charge is -2.37. The smallest absolute Gasteiger partial charge is 0.0480 e. The summed E-state index contributed by atoms with van der Waals surface area (Å²) in [5.41, 5.74) is 0. The zero-order valence-corrected chi connectivity index (χ0v) is 11.2. The van der Waals surface area contributed by atoms with Crippen LogP contribution in [0.5, 0.6) is 0 Å². The van der Waals surface area contributed by atoms with Crippen LogP contribution in [0.2, 0.25) is 0 Å². The summed E-state index contributed by atoms with van der Waals surface area (Å²) in [5.74, 6) is 1.28. The van der Waals surface area contributed by atoms with Gasteiger partial charge in [0.2, 0.25) is 0 Å². The molecule has 0 N–H and O–H groups in total. The first-order valence-electron chi connectivity index (χ1n) is 6.12. The molecule has 0 spiro atoms. The summed E-state index contributed by atoms with van der Waals surface area (Å²) in [5, 5.41) is 0. The predicted molar refractivity (Wildman–Crippen MR) is 68.7 cm³/mol. The average Bonchev–Trinajstić information content (AvgIpc) is 2.29. The van der Waals surface area contributed by atoms with Crippen LogP contribution < -0.4 is 0 Å². The van der Waals surface area contributed by atoms with E-state index in [9.17, 15) is 0 Å². The maximum absolute atomic E-state index is 5.42. The van der Waals surface area contributed by atoms with E-state index in [-0.39, 0.29) is 0 Å². The van der Waals surface area contributed by atoms with Crippen LogP contribution in [-0.2, 0) is 4.74 Å². The van der Waals surface area contributed by atoms with Gasteiger partial charge in [-0.05, 0) is 44.7 Å². The molecule has 1 saturated heterocycles. The lowest BCUT2D eigenvalue weighted by Crippen LogP contribution is -2.44. The Morgan fingerprint density at radius 1 is 1.40 bits per heavy atom. The summed E-state index contributed by atoms with van der Waals surface area (Å²) in [6.07, 6.45) is 5.94. The van der Waals surface area contributed by atoms with Gasteiger partial charge >= 0.3 is 0 Å². The second-order valence-corrected chi connectivity index (χ2v) is 5.29. The summed E-state index contributed by atoms with van der Waals surface area (Å²) in [6.45, 7) is 7.74. The van der Waals surface area contributed by atoms with E-state index in [1.165, 1.54) is 31.6 Å². The summed E-state index contributed by atoms with van der Waals surface area (Å²) in [7, 11) is 0.